The molecule has 1 heterocycles. The summed E-state index contributed by atoms with van der Waals surface area (Å²) in [4.78, 5) is 15.3. The second-order valence-corrected chi connectivity index (χ2v) is 5.92. The van der Waals surface area contributed by atoms with Gasteiger partial charge in [0.1, 0.15) is 0 Å². The van der Waals surface area contributed by atoms with Crippen molar-refractivity contribution in [2.75, 3.05) is 33.7 Å². The fourth-order valence-corrected chi connectivity index (χ4v) is 2.34. The molecule has 2 unspecified atom stereocenters. The maximum Gasteiger partial charge on any atom is 0.310 e. The zero-order chi connectivity index (χ0) is 13.2. The molecule has 17 heavy (non-hydrogen) atoms. The highest BCUT2D eigenvalue weighted by molar-refractivity contribution is 5.73. The summed E-state index contributed by atoms with van der Waals surface area (Å²) < 4.78 is 0. The maximum absolute atomic E-state index is 11.1. The minimum atomic E-state index is -0.789. The quantitative estimate of drug-likeness (QED) is 0.718. The molecule has 100 valence electrons. The predicted molar refractivity (Wildman–Crippen MR) is 66.0 cm³/mol. The van der Waals surface area contributed by atoms with Crippen molar-refractivity contribution in [3.05, 3.63) is 0 Å². The molecule has 1 aliphatic rings. The highest BCUT2D eigenvalue weighted by atomic mass is 16.4. The molecule has 2 N–H and O–H groups in total. The third kappa shape index (κ3) is 3.94. The summed E-state index contributed by atoms with van der Waals surface area (Å²) in [5, 5.41) is 18.8. The highest BCUT2D eigenvalue weighted by Crippen LogP contribution is 2.25. The van der Waals surface area contributed by atoms with Crippen molar-refractivity contribution in [1.29, 1.82) is 0 Å². The van der Waals surface area contributed by atoms with Crippen LogP contribution in [-0.4, -0.2) is 71.9 Å². The molecule has 0 bridgehead atoms. The fourth-order valence-electron chi connectivity index (χ4n) is 2.34. The molecule has 0 aromatic carbocycles. The number of nitrogens with zero attached hydrogens (tertiary/aromatic N) is 2. The summed E-state index contributed by atoms with van der Waals surface area (Å²) in [5.41, 5.74) is -0.769. The Labute approximate surface area is 103 Å². The molecule has 5 nitrogen and oxygen atoms in total. The van der Waals surface area contributed by atoms with Gasteiger partial charge in [0.25, 0.3) is 0 Å². The molecule has 1 aliphatic heterocycles. The molecular weight excluding hydrogens is 220 g/mol. The summed E-state index contributed by atoms with van der Waals surface area (Å²) in [5.74, 6) is -0.789. The average Bonchev–Trinajstić information content (AvgIpc) is 2.44. The first-order valence-corrected chi connectivity index (χ1v) is 6.02. The number of aliphatic carboxylic acids is 1. The summed E-state index contributed by atoms with van der Waals surface area (Å²) in [6, 6.07) is 0.249. The first-order valence-electron chi connectivity index (χ1n) is 6.02. The van der Waals surface area contributed by atoms with E-state index >= 15 is 0 Å². The standard InChI is InChI=1S/C12H24N2O3/c1-12(2,11(16)17)8-14-7-10(15)5-9(14)6-13(3)4/h9-10,15H,5-8H2,1-4H3,(H,16,17). The Hall–Kier alpha value is -0.650. The molecule has 0 spiro atoms. The van der Waals surface area contributed by atoms with Crippen molar-refractivity contribution in [3.63, 3.8) is 0 Å². The number of hydrogen-bond acceptors (Lipinski definition) is 4. The lowest BCUT2D eigenvalue weighted by atomic mass is 9.93. The zero-order valence-corrected chi connectivity index (χ0v) is 11.2. The third-order valence-electron chi connectivity index (χ3n) is 3.26. The Morgan fingerprint density at radius 3 is 2.53 bits per heavy atom. The number of carboxylic acid groups (broad SMARTS) is 1. The Kier molecular flexibility index (Phi) is 4.52. The van der Waals surface area contributed by atoms with Gasteiger partial charge in [-0.2, -0.15) is 0 Å². The second-order valence-electron chi connectivity index (χ2n) is 5.92. The van der Waals surface area contributed by atoms with Crippen molar-refractivity contribution >= 4 is 5.97 Å². The first kappa shape index (κ1) is 14.4. The smallest absolute Gasteiger partial charge is 0.310 e. The lowest BCUT2D eigenvalue weighted by molar-refractivity contribution is -0.148. The van der Waals surface area contributed by atoms with Crippen molar-refractivity contribution in [3.8, 4) is 0 Å². The molecule has 0 saturated carbocycles. The number of likely N-dealkylation sites (tertiary alicyclic amines) is 1. The maximum atomic E-state index is 11.1. The number of carboxylic acids is 1. The molecule has 0 aromatic heterocycles. The summed E-state index contributed by atoms with van der Waals surface area (Å²) >= 11 is 0. The van der Waals surface area contributed by atoms with Crippen LogP contribution in [0.4, 0.5) is 0 Å². The van der Waals surface area contributed by atoms with Gasteiger partial charge >= 0.3 is 5.97 Å². The van der Waals surface area contributed by atoms with Gasteiger partial charge in [-0.3, -0.25) is 9.69 Å². The largest absolute Gasteiger partial charge is 0.481 e. The molecule has 0 amide bonds. The van der Waals surface area contributed by atoms with Crippen LogP contribution < -0.4 is 0 Å². The van der Waals surface area contributed by atoms with E-state index in [1.807, 2.05) is 14.1 Å². The van der Waals surface area contributed by atoms with E-state index < -0.39 is 11.4 Å². The number of carbonyl (C=O) groups is 1. The van der Waals surface area contributed by atoms with E-state index in [2.05, 4.69) is 9.80 Å². The Morgan fingerprint density at radius 2 is 2.06 bits per heavy atom. The van der Waals surface area contributed by atoms with Gasteiger partial charge in [0.2, 0.25) is 0 Å². The molecule has 1 saturated heterocycles. The average molecular weight is 244 g/mol. The molecule has 2 atom stereocenters. The SMILES string of the molecule is CN(C)CC1CC(O)CN1CC(C)(C)C(=O)O. The van der Waals surface area contributed by atoms with Gasteiger partial charge in [-0.05, 0) is 34.4 Å². The van der Waals surface area contributed by atoms with Crippen LogP contribution in [0.2, 0.25) is 0 Å². The molecule has 0 aromatic rings. The normalized spacial score (nSPS) is 26.7. The summed E-state index contributed by atoms with van der Waals surface area (Å²) in [6.07, 6.45) is 0.401. The highest BCUT2D eigenvalue weighted by Gasteiger charge is 2.37. The van der Waals surface area contributed by atoms with E-state index in [0.29, 0.717) is 13.1 Å². The fraction of sp³-hybridized carbons (Fsp3) is 0.917. The van der Waals surface area contributed by atoms with Crippen LogP contribution in [-0.2, 0) is 4.79 Å². The van der Waals surface area contributed by atoms with Gasteiger partial charge in [0.15, 0.2) is 0 Å². The van der Waals surface area contributed by atoms with E-state index in [1.165, 1.54) is 0 Å². The van der Waals surface area contributed by atoms with Crippen LogP contribution in [0, 0.1) is 5.41 Å². The molecule has 5 heteroatoms. The minimum absolute atomic E-state index is 0.249. The Bertz CT molecular complexity index is 279. The molecule has 1 fully saturated rings. The summed E-state index contributed by atoms with van der Waals surface area (Å²) in [6.45, 7) is 5.37. The molecule has 1 rings (SSSR count). The second kappa shape index (κ2) is 5.33. The number of likely N-dealkylation sites (N-methyl/N-ethyl adjacent to an activating group) is 1. The molecule has 0 aliphatic carbocycles. The number of β-amino-alcohol motifs (C(OH)–C–C–N with tert-alkyl or cyclic N) is 1. The van der Waals surface area contributed by atoms with E-state index in [9.17, 15) is 9.90 Å². The lowest BCUT2D eigenvalue weighted by Crippen LogP contribution is -2.45. The lowest BCUT2D eigenvalue weighted by Gasteiger charge is -2.32. The minimum Gasteiger partial charge on any atom is -0.481 e. The molecular formula is C12H24N2O3. The number of hydrogen-bond donors (Lipinski definition) is 2. The zero-order valence-electron chi connectivity index (χ0n) is 11.2. The van der Waals surface area contributed by atoms with Gasteiger partial charge < -0.3 is 15.1 Å². The van der Waals surface area contributed by atoms with Crippen LogP contribution in [0.25, 0.3) is 0 Å². The van der Waals surface area contributed by atoms with Gasteiger partial charge in [0, 0.05) is 25.7 Å². The Balaban J connectivity index is 2.64. The van der Waals surface area contributed by atoms with E-state index in [-0.39, 0.29) is 12.1 Å². The van der Waals surface area contributed by atoms with Crippen molar-refractivity contribution in [2.45, 2.75) is 32.4 Å². The van der Waals surface area contributed by atoms with Gasteiger partial charge in [-0.25, -0.2) is 0 Å². The van der Waals surface area contributed by atoms with Crippen LogP contribution in [0.5, 0.6) is 0 Å². The third-order valence-corrected chi connectivity index (χ3v) is 3.26. The van der Waals surface area contributed by atoms with Crippen LogP contribution >= 0.6 is 0 Å². The van der Waals surface area contributed by atoms with Crippen molar-refractivity contribution in [2.24, 2.45) is 5.41 Å². The van der Waals surface area contributed by atoms with Crippen LogP contribution in [0.3, 0.4) is 0 Å². The van der Waals surface area contributed by atoms with Gasteiger partial charge in [-0.15, -0.1) is 0 Å². The van der Waals surface area contributed by atoms with Crippen molar-refractivity contribution in [1.82, 2.24) is 9.80 Å². The molecule has 0 radical (unpaired) electrons. The van der Waals surface area contributed by atoms with Crippen LogP contribution in [0.15, 0.2) is 0 Å². The number of aliphatic hydroxyl groups is 1. The van der Waals surface area contributed by atoms with Crippen LogP contribution in [0.1, 0.15) is 20.3 Å². The topological polar surface area (TPSA) is 64.0 Å². The number of aliphatic hydroxyl groups excluding tert-OH is 1. The van der Waals surface area contributed by atoms with E-state index in [0.717, 1.165) is 13.0 Å². The monoisotopic (exact) mass is 244 g/mol. The Morgan fingerprint density at radius 1 is 1.47 bits per heavy atom. The van der Waals surface area contributed by atoms with E-state index in [1.54, 1.807) is 13.8 Å². The van der Waals surface area contributed by atoms with Gasteiger partial charge in [-0.1, -0.05) is 0 Å². The number of rotatable bonds is 5. The van der Waals surface area contributed by atoms with Gasteiger partial charge in [0.05, 0.1) is 11.5 Å². The first-order chi connectivity index (χ1) is 7.72. The van der Waals surface area contributed by atoms with E-state index in [4.69, 9.17) is 5.11 Å². The predicted octanol–water partition coefficient (Wildman–Crippen LogP) is 0.0940. The summed E-state index contributed by atoms with van der Waals surface area (Å²) in [7, 11) is 3.98. The van der Waals surface area contributed by atoms with Crippen molar-refractivity contribution < 1.29 is 15.0 Å².